The van der Waals surface area contributed by atoms with Gasteiger partial charge >= 0.3 is 12.1 Å². The summed E-state index contributed by atoms with van der Waals surface area (Å²) in [6, 6.07) is 11.0. The van der Waals surface area contributed by atoms with Crippen molar-refractivity contribution < 1.29 is 77.4 Å². The van der Waals surface area contributed by atoms with Crippen LogP contribution in [0.25, 0.3) is 11.1 Å². The van der Waals surface area contributed by atoms with E-state index in [9.17, 15) is 67.9 Å². The molecule has 5 atom stereocenters. The number of hydrogen-bond acceptors (Lipinski definition) is 16. The molecule has 2 aromatic rings. The number of ether oxygens (including phenoxy) is 2. The summed E-state index contributed by atoms with van der Waals surface area (Å²) in [4.78, 5) is 166. The van der Waals surface area contributed by atoms with Crippen molar-refractivity contribution in [1.29, 1.82) is 0 Å². The van der Waals surface area contributed by atoms with Gasteiger partial charge in [0.25, 0.3) is 0 Å². The third kappa shape index (κ3) is 21.9. The molecule has 101 heavy (non-hydrogen) atoms. The molecular formula is C72H111N13O16. The zero-order valence-electron chi connectivity index (χ0n) is 62.4. The molecule has 0 saturated carbocycles. The number of hydroxylamine groups is 4. The topological polar surface area (TPSA) is 402 Å². The largest absolute Gasteiger partial charge is 0.467 e. The Balaban J connectivity index is 1.18. The number of amides is 11. The second kappa shape index (κ2) is 34.1. The second-order valence-electron chi connectivity index (χ2n) is 31.7. The number of carbonyl (C=O) groups is 12. The number of carbonyl (C=O) groups excluding carboxylic acids is 12. The van der Waals surface area contributed by atoms with E-state index in [0.29, 0.717) is 6.42 Å². The first-order chi connectivity index (χ1) is 46.8. The zero-order valence-corrected chi connectivity index (χ0v) is 62.4. The summed E-state index contributed by atoms with van der Waals surface area (Å²) >= 11 is 0. The number of hydrogen-bond donors (Lipinski definition) is 11. The smallest absolute Gasteiger partial charge is 0.408 e. The maximum Gasteiger partial charge on any atom is 0.408 e. The second-order valence-corrected chi connectivity index (χ2v) is 31.7. The Morgan fingerprint density at radius 1 is 0.505 bits per heavy atom. The van der Waals surface area contributed by atoms with Crippen LogP contribution in [0.4, 0.5) is 4.79 Å². The fourth-order valence-corrected chi connectivity index (χ4v) is 14.4. The summed E-state index contributed by atoms with van der Waals surface area (Å²) < 4.78 is 10.8. The van der Waals surface area contributed by atoms with Crippen LogP contribution in [0.15, 0.2) is 48.5 Å². The van der Waals surface area contributed by atoms with E-state index in [4.69, 9.17) is 9.47 Å². The highest BCUT2D eigenvalue weighted by Crippen LogP contribution is 2.46. The van der Waals surface area contributed by atoms with Gasteiger partial charge in [0.15, 0.2) is 0 Å². The van der Waals surface area contributed by atoms with Crippen molar-refractivity contribution >= 4 is 71.1 Å². The lowest BCUT2D eigenvalue weighted by Crippen LogP contribution is -2.73. The monoisotopic (exact) mass is 1410 g/mol. The lowest BCUT2D eigenvalue weighted by atomic mass is 9.69. The molecule has 2 aromatic carbocycles. The highest BCUT2D eigenvalue weighted by molar-refractivity contribution is 5.99. The van der Waals surface area contributed by atoms with Crippen molar-refractivity contribution in [3.8, 4) is 11.1 Å². The molecule has 560 valence electrons. The maximum absolute atomic E-state index is 14.6. The van der Waals surface area contributed by atoms with Crippen molar-refractivity contribution in [2.75, 3.05) is 39.9 Å². The SMILES string of the molecule is CCC(C)[C@H](NC(=O)CNC(=O)C1(NC(=O)[C@H](CC(C)C)NC(=O)CNC(=O)CNC(=O)C(C)(C)NC(=O)[C@H](CC(C)C)NC(=O)CNC(=O)C2(NC(=O)OCC3c4ccccc4-c4ccccc43)CC(C)(C)N([O])C(C)(C)C2)CC(C)(C)N([O])C(C)(C)C1)C(=O)N[C@@H](CC(C)C)C(=O)OC. The Hall–Kier alpha value is -8.28. The molecule has 1 aliphatic carbocycles. The first-order valence-electron chi connectivity index (χ1n) is 34.9. The molecule has 0 bridgehead atoms. The van der Waals surface area contributed by atoms with Gasteiger partial charge in [-0.25, -0.2) is 9.59 Å². The standard InChI is InChI=1S/C72H111N13O16/c1-20-44(8)57(60(92)79-52(31-43(6)7)61(93)100-19)80-56(89)35-76-63(95)71(37-66(9,10)84(98)67(11,12)38-71)82-59(91)51(30-42(4)5)78-54(87)33-73-53(86)32-74-62(94)70(17,18)81-58(90)50(29-41(2)3)77-55(88)34-75-64(96)72(39-68(13,14)85(99)69(15,16)40-72)83-65(97)101-36-49-47-27-23-21-25-45(47)46-26-22-24-28-48(46)49/h21-28,41-44,49-52,57H,20,29-40H2,1-19H3,(H,73,86)(H,74,94)(H,75,96)(H,76,95)(H,77,88)(H,78,87)(H,79,92)(H,80,89)(H,81,90)(H,82,91)(H,83,97)/t44?,50-,51-,52-,57-/m0/s1. The van der Waals surface area contributed by atoms with Crippen molar-refractivity contribution in [2.24, 2.45) is 23.7 Å². The van der Waals surface area contributed by atoms with Crippen molar-refractivity contribution in [3.63, 3.8) is 0 Å². The highest BCUT2D eigenvalue weighted by atomic mass is 16.6. The van der Waals surface area contributed by atoms with Crippen LogP contribution in [0, 0.1) is 23.7 Å². The molecule has 2 saturated heterocycles. The Labute approximate surface area is 594 Å². The molecule has 0 spiro atoms. The summed E-state index contributed by atoms with van der Waals surface area (Å²) in [5.74, 6) is -9.61. The average molecular weight is 1410 g/mol. The fourth-order valence-electron chi connectivity index (χ4n) is 14.4. The normalized spacial score (nSPS) is 18.7. The summed E-state index contributed by atoms with van der Waals surface area (Å²) in [5.41, 5.74) is -6.20. The van der Waals surface area contributed by atoms with E-state index in [2.05, 4.69) is 58.5 Å². The summed E-state index contributed by atoms with van der Waals surface area (Å²) in [5, 5.41) is 58.0. The van der Waals surface area contributed by atoms with E-state index in [1.54, 1.807) is 90.0 Å². The number of piperidine rings is 2. The first kappa shape index (κ1) is 83.4. The highest BCUT2D eigenvalue weighted by Gasteiger charge is 2.59. The number of fused-ring (bicyclic) bond motifs is 3. The van der Waals surface area contributed by atoms with Gasteiger partial charge in [-0.2, -0.15) is 0 Å². The van der Waals surface area contributed by atoms with Crippen LogP contribution in [0.2, 0.25) is 0 Å². The molecule has 2 aliphatic heterocycles. The van der Waals surface area contributed by atoms with Gasteiger partial charge in [0.2, 0.25) is 59.1 Å². The third-order valence-corrected chi connectivity index (χ3v) is 18.8. The fraction of sp³-hybridized carbons (Fsp3) is 0.667. The molecule has 11 amide bonds. The molecule has 2 radical (unpaired) electrons. The number of nitrogens with one attached hydrogen (secondary N) is 11. The Kier molecular flexibility index (Phi) is 28.2. The summed E-state index contributed by atoms with van der Waals surface area (Å²) in [7, 11) is 1.20. The molecule has 29 nitrogen and oxygen atoms in total. The molecule has 29 heteroatoms. The van der Waals surface area contributed by atoms with Crippen molar-refractivity contribution in [3.05, 3.63) is 59.7 Å². The predicted octanol–water partition coefficient (Wildman–Crippen LogP) is 3.77. The summed E-state index contributed by atoms with van der Waals surface area (Å²) in [6.07, 6.45) is -0.852. The van der Waals surface area contributed by atoms with Crippen LogP contribution in [-0.2, 0) is 72.6 Å². The van der Waals surface area contributed by atoms with Gasteiger partial charge in [-0.15, -0.1) is 20.5 Å². The Morgan fingerprint density at radius 3 is 1.34 bits per heavy atom. The third-order valence-electron chi connectivity index (χ3n) is 18.8. The maximum atomic E-state index is 14.6. The number of alkyl carbamates (subject to hydrolysis) is 1. The lowest BCUT2D eigenvalue weighted by Gasteiger charge is -2.54. The number of benzene rings is 2. The molecule has 1 unspecified atom stereocenters. The molecule has 2 heterocycles. The Bertz CT molecular complexity index is 3280. The van der Waals surface area contributed by atoms with E-state index in [1.807, 2.05) is 69.3 Å². The Morgan fingerprint density at radius 2 is 0.901 bits per heavy atom. The summed E-state index contributed by atoms with van der Waals surface area (Å²) in [6.45, 7) is 27.5. The van der Waals surface area contributed by atoms with Crippen LogP contribution in [0.5, 0.6) is 0 Å². The van der Waals surface area contributed by atoms with Crippen LogP contribution in [0.1, 0.15) is 193 Å². The molecule has 0 aromatic heterocycles. The van der Waals surface area contributed by atoms with Crippen LogP contribution >= 0.6 is 0 Å². The van der Waals surface area contributed by atoms with Gasteiger partial charge < -0.3 is 68.0 Å². The van der Waals surface area contributed by atoms with E-state index in [-0.39, 0.29) is 75.2 Å². The van der Waals surface area contributed by atoms with E-state index < -0.39 is 166 Å². The van der Waals surface area contributed by atoms with E-state index in [0.717, 1.165) is 32.4 Å². The van der Waals surface area contributed by atoms with Crippen molar-refractivity contribution in [2.45, 2.75) is 245 Å². The molecule has 2 fully saturated rings. The van der Waals surface area contributed by atoms with Crippen LogP contribution in [0.3, 0.4) is 0 Å². The molecule has 5 rings (SSSR count). The predicted molar refractivity (Wildman–Crippen MR) is 373 cm³/mol. The van der Waals surface area contributed by atoms with Gasteiger partial charge in [-0.3, -0.25) is 47.9 Å². The number of methoxy groups -OCH3 is 1. The average Bonchev–Trinajstić information content (AvgIpc) is 1.39. The van der Waals surface area contributed by atoms with Gasteiger partial charge in [0, 0.05) is 28.1 Å². The first-order valence-corrected chi connectivity index (χ1v) is 34.9. The minimum absolute atomic E-state index is 0.00881. The molecular weight excluding hydrogens is 1300 g/mol. The quantitative estimate of drug-likeness (QED) is 0.0464. The van der Waals surface area contributed by atoms with Crippen molar-refractivity contribution in [1.82, 2.24) is 68.6 Å². The molecule has 3 aliphatic rings. The molecule has 11 N–H and O–H groups in total. The van der Waals surface area contributed by atoms with Crippen LogP contribution < -0.4 is 58.5 Å². The van der Waals surface area contributed by atoms with E-state index in [1.165, 1.54) is 21.0 Å². The number of nitrogens with zero attached hydrogens (tertiary/aromatic N) is 2. The number of esters is 1. The van der Waals surface area contributed by atoms with Gasteiger partial charge in [0.1, 0.15) is 47.4 Å². The minimum Gasteiger partial charge on any atom is -0.467 e. The lowest BCUT2D eigenvalue weighted by molar-refractivity contribution is -0.295. The van der Waals surface area contributed by atoms with E-state index >= 15 is 0 Å². The minimum atomic E-state index is -1.84. The van der Waals surface area contributed by atoms with Gasteiger partial charge in [-0.1, -0.05) is 110 Å². The van der Waals surface area contributed by atoms with Gasteiger partial charge in [0.05, 0.1) is 33.3 Å². The zero-order chi connectivity index (χ0) is 76.1. The van der Waals surface area contributed by atoms with Gasteiger partial charge in [-0.05, 0) is 160 Å². The van der Waals surface area contributed by atoms with Crippen LogP contribution in [-0.4, -0.2) is 184 Å². The number of rotatable bonds is 32.